The van der Waals surface area contributed by atoms with Crippen LogP contribution >= 0.6 is 0 Å². The highest BCUT2D eigenvalue weighted by Crippen LogP contribution is 2.34. The summed E-state index contributed by atoms with van der Waals surface area (Å²) in [5.74, 6) is 0.393. The molecular formula is C20H26N2O. The fraction of sp³-hybridized carbons (Fsp3) is 0.450. The SMILES string of the molecule is Cc1c(C(N)=O)c(-c2ccccc2)c(C)n1CC1CCCCC1. The Morgan fingerprint density at radius 1 is 1.09 bits per heavy atom. The number of hydrogen-bond donors (Lipinski definition) is 1. The molecule has 122 valence electrons. The predicted octanol–water partition coefficient (Wildman–Crippen LogP) is 4.45. The van der Waals surface area contributed by atoms with Gasteiger partial charge < -0.3 is 10.3 Å². The Morgan fingerprint density at radius 3 is 2.35 bits per heavy atom. The molecule has 1 heterocycles. The molecule has 1 saturated carbocycles. The second-order valence-corrected chi connectivity index (χ2v) is 6.77. The monoisotopic (exact) mass is 310 g/mol. The van der Waals surface area contributed by atoms with E-state index >= 15 is 0 Å². The summed E-state index contributed by atoms with van der Waals surface area (Å²) in [6, 6.07) is 10.1. The van der Waals surface area contributed by atoms with Crippen LogP contribution in [-0.2, 0) is 6.54 Å². The molecule has 1 amide bonds. The lowest BCUT2D eigenvalue weighted by molar-refractivity contribution is 0.1000. The lowest BCUT2D eigenvalue weighted by Crippen LogP contribution is -2.17. The van der Waals surface area contributed by atoms with E-state index in [0.29, 0.717) is 5.56 Å². The summed E-state index contributed by atoms with van der Waals surface area (Å²) < 4.78 is 2.32. The van der Waals surface area contributed by atoms with Gasteiger partial charge in [-0.05, 0) is 38.2 Å². The molecule has 23 heavy (non-hydrogen) atoms. The first kappa shape index (κ1) is 15.9. The summed E-state index contributed by atoms with van der Waals surface area (Å²) >= 11 is 0. The third-order valence-electron chi connectivity index (χ3n) is 5.26. The van der Waals surface area contributed by atoms with Crippen molar-refractivity contribution in [1.29, 1.82) is 0 Å². The molecule has 0 radical (unpaired) electrons. The minimum Gasteiger partial charge on any atom is -0.366 e. The van der Waals surface area contributed by atoms with E-state index in [9.17, 15) is 4.79 Å². The van der Waals surface area contributed by atoms with Crippen LogP contribution in [0.3, 0.4) is 0 Å². The molecule has 3 rings (SSSR count). The van der Waals surface area contributed by atoms with Crippen molar-refractivity contribution in [3.63, 3.8) is 0 Å². The lowest BCUT2D eigenvalue weighted by atomic mass is 9.89. The number of hydrogen-bond acceptors (Lipinski definition) is 1. The minimum atomic E-state index is -0.327. The molecule has 1 aliphatic carbocycles. The average molecular weight is 310 g/mol. The van der Waals surface area contributed by atoms with Gasteiger partial charge in [0, 0.05) is 23.5 Å². The maximum absolute atomic E-state index is 12.1. The first-order chi connectivity index (χ1) is 11.1. The van der Waals surface area contributed by atoms with E-state index < -0.39 is 0 Å². The Kier molecular flexibility index (Phi) is 4.56. The van der Waals surface area contributed by atoms with Gasteiger partial charge >= 0.3 is 0 Å². The molecule has 0 unspecified atom stereocenters. The number of rotatable bonds is 4. The molecule has 0 bridgehead atoms. The van der Waals surface area contributed by atoms with Crippen LogP contribution in [-0.4, -0.2) is 10.5 Å². The fourth-order valence-electron chi connectivity index (χ4n) is 4.04. The number of carbonyl (C=O) groups excluding carboxylic acids is 1. The minimum absolute atomic E-state index is 0.327. The third-order valence-corrected chi connectivity index (χ3v) is 5.26. The maximum atomic E-state index is 12.1. The van der Waals surface area contributed by atoms with Gasteiger partial charge in [0.1, 0.15) is 0 Å². The Bertz CT molecular complexity index is 694. The van der Waals surface area contributed by atoms with Crippen LogP contribution in [0.2, 0.25) is 0 Å². The summed E-state index contributed by atoms with van der Waals surface area (Å²) in [5.41, 5.74) is 10.7. The fourth-order valence-corrected chi connectivity index (χ4v) is 4.04. The van der Waals surface area contributed by atoms with E-state index in [0.717, 1.165) is 35.0 Å². The first-order valence-corrected chi connectivity index (χ1v) is 8.64. The number of benzene rings is 1. The summed E-state index contributed by atoms with van der Waals surface area (Å²) in [7, 11) is 0. The standard InChI is InChI=1S/C20H26N2O/c1-14-18(17-11-7-4-8-12-17)19(20(21)23)15(2)22(14)13-16-9-5-3-6-10-16/h4,7-8,11-12,16H,3,5-6,9-10,13H2,1-2H3,(H2,21,23). The van der Waals surface area contributed by atoms with E-state index in [4.69, 9.17) is 5.73 Å². The van der Waals surface area contributed by atoms with Crippen molar-refractivity contribution in [1.82, 2.24) is 4.57 Å². The number of nitrogens with two attached hydrogens (primary N) is 1. The molecule has 1 aromatic carbocycles. The van der Waals surface area contributed by atoms with Crippen LogP contribution < -0.4 is 5.73 Å². The lowest BCUT2D eigenvalue weighted by Gasteiger charge is -2.23. The van der Waals surface area contributed by atoms with Gasteiger partial charge in [0.15, 0.2) is 0 Å². The van der Waals surface area contributed by atoms with Crippen molar-refractivity contribution < 1.29 is 4.79 Å². The average Bonchev–Trinajstić information content (AvgIpc) is 2.81. The van der Waals surface area contributed by atoms with Crippen LogP contribution in [0.4, 0.5) is 0 Å². The number of nitrogens with zero attached hydrogens (tertiary/aromatic N) is 1. The largest absolute Gasteiger partial charge is 0.366 e. The quantitative estimate of drug-likeness (QED) is 0.891. The number of carbonyl (C=O) groups is 1. The zero-order valence-corrected chi connectivity index (χ0v) is 14.1. The molecular weight excluding hydrogens is 284 g/mol. The van der Waals surface area contributed by atoms with Crippen molar-refractivity contribution in [2.75, 3.05) is 0 Å². The van der Waals surface area contributed by atoms with Crippen molar-refractivity contribution in [2.24, 2.45) is 11.7 Å². The van der Waals surface area contributed by atoms with E-state index in [1.54, 1.807) is 0 Å². The smallest absolute Gasteiger partial charge is 0.251 e. The maximum Gasteiger partial charge on any atom is 0.251 e. The topological polar surface area (TPSA) is 48.0 Å². The Hall–Kier alpha value is -2.03. The molecule has 0 aliphatic heterocycles. The predicted molar refractivity (Wildman–Crippen MR) is 94.4 cm³/mol. The van der Waals surface area contributed by atoms with Crippen LogP contribution in [0.1, 0.15) is 53.8 Å². The summed E-state index contributed by atoms with van der Waals surface area (Å²) in [6.45, 7) is 5.15. The molecule has 1 aromatic heterocycles. The highest BCUT2D eigenvalue weighted by Gasteiger charge is 2.24. The Labute approximate surface area is 138 Å². The molecule has 0 atom stereocenters. The highest BCUT2D eigenvalue weighted by molar-refractivity contribution is 6.02. The van der Waals surface area contributed by atoms with Crippen molar-refractivity contribution >= 4 is 5.91 Å². The summed E-state index contributed by atoms with van der Waals surface area (Å²) in [5, 5.41) is 0. The molecule has 0 saturated heterocycles. The van der Waals surface area contributed by atoms with E-state index in [-0.39, 0.29) is 5.91 Å². The molecule has 2 N–H and O–H groups in total. The van der Waals surface area contributed by atoms with Gasteiger partial charge in [-0.2, -0.15) is 0 Å². The number of primary amides is 1. The zero-order valence-electron chi connectivity index (χ0n) is 14.1. The second kappa shape index (κ2) is 6.61. The van der Waals surface area contributed by atoms with Gasteiger partial charge in [0.25, 0.3) is 5.91 Å². The molecule has 3 nitrogen and oxygen atoms in total. The van der Waals surface area contributed by atoms with Crippen molar-refractivity contribution in [3.8, 4) is 11.1 Å². The van der Waals surface area contributed by atoms with Gasteiger partial charge in [-0.1, -0.05) is 49.6 Å². The van der Waals surface area contributed by atoms with Crippen LogP contribution in [0.15, 0.2) is 30.3 Å². The highest BCUT2D eigenvalue weighted by atomic mass is 16.1. The molecule has 1 aliphatic rings. The van der Waals surface area contributed by atoms with E-state index in [2.05, 4.69) is 23.6 Å². The normalized spacial score (nSPS) is 15.7. The van der Waals surface area contributed by atoms with Gasteiger partial charge in [0.05, 0.1) is 5.56 Å². The van der Waals surface area contributed by atoms with Crippen molar-refractivity contribution in [2.45, 2.75) is 52.5 Å². The van der Waals surface area contributed by atoms with E-state index in [1.165, 1.54) is 32.1 Å². The first-order valence-electron chi connectivity index (χ1n) is 8.64. The number of aromatic nitrogens is 1. The van der Waals surface area contributed by atoms with Gasteiger partial charge in [-0.3, -0.25) is 4.79 Å². The summed E-state index contributed by atoms with van der Waals surface area (Å²) in [6.07, 6.45) is 6.62. The van der Waals surface area contributed by atoms with Gasteiger partial charge in [-0.15, -0.1) is 0 Å². The molecule has 1 fully saturated rings. The van der Waals surface area contributed by atoms with Gasteiger partial charge in [-0.25, -0.2) is 0 Å². The van der Waals surface area contributed by atoms with Crippen LogP contribution in [0, 0.1) is 19.8 Å². The number of amides is 1. The zero-order chi connectivity index (χ0) is 16.4. The Morgan fingerprint density at radius 2 is 1.74 bits per heavy atom. The Balaban J connectivity index is 2.05. The third kappa shape index (κ3) is 3.05. The molecule has 3 heteroatoms. The van der Waals surface area contributed by atoms with Crippen LogP contribution in [0.25, 0.3) is 11.1 Å². The van der Waals surface area contributed by atoms with Crippen LogP contribution in [0.5, 0.6) is 0 Å². The molecule has 0 spiro atoms. The van der Waals surface area contributed by atoms with Gasteiger partial charge in [0.2, 0.25) is 0 Å². The molecule has 2 aromatic rings. The van der Waals surface area contributed by atoms with Crippen molar-refractivity contribution in [3.05, 3.63) is 47.3 Å². The second-order valence-electron chi connectivity index (χ2n) is 6.77. The van der Waals surface area contributed by atoms with E-state index in [1.807, 2.05) is 25.1 Å². The summed E-state index contributed by atoms with van der Waals surface area (Å²) in [4.78, 5) is 12.1.